The van der Waals surface area contributed by atoms with E-state index < -0.39 is 17.1 Å². The van der Waals surface area contributed by atoms with Gasteiger partial charge in [0, 0.05) is 18.1 Å². The number of hydrogen-bond donors (Lipinski definition) is 2. The van der Waals surface area contributed by atoms with Gasteiger partial charge in [-0.2, -0.15) is 11.8 Å². The number of fused-ring (bicyclic) bond motifs is 1. The molecule has 2 fully saturated rings. The van der Waals surface area contributed by atoms with Gasteiger partial charge in [-0.25, -0.2) is 14.2 Å². The van der Waals surface area contributed by atoms with Crippen molar-refractivity contribution in [1.82, 2.24) is 24.8 Å². The molecule has 2 aromatic heterocycles. The smallest absolute Gasteiger partial charge is 0.333 e. The van der Waals surface area contributed by atoms with Crippen molar-refractivity contribution >= 4 is 34.6 Å². The molecule has 2 N–H and O–H groups in total. The molecule has 9 nitrogen and oxygen atoms in total. The third kappa shape index (κ3) is 6.45. The third-order valence-electron chi connectivity index (χ3n) is 8.94. The van der Waals surface area contributed by atoms with Gasteiger partial charge in [-0.05, 0) is 80.7 Å². The fourth-order valence-electron chi connectivity index (χ4n) is 6.52. The standard InChI is InChI=1S/C34H36FN5O4S/c1-21(22-7-3-2-4-8-22)37-31(41)27-9-5-6-10-28(27)32(42)38-24-11-13-25(14-12-24)40-33(43)29-19-23(35)20-36-30(29)39(34(40)44)26-15-17-45-18-16-26/h2-10,19-21,24-26H,11-18H2,1H3,(H,37,41)(H,38,42)/t21-,24?,25?/m0/s1. The van der Waals surface area contributed by atoms with Crippen molar-refractivity contribution in [1.29, 1.82) is 0 Å². The summed E-state index contributed by atoms with van der Waals surface area (Å²) in [6.07, 6.45) is 4.68. The van der Waals surface area contributed by atoms with E-state index in [0.717, 1.165) is 36.1 Å². The highest BCUT2D eigenvalue weighted by Gasteiger charge is 2.30. The van der Waals surface area contributed by atoms with Crippen LogP contribution in [0.3, 0.4) is 0 Å². The van der Waals surface area contributed by atoms with Gasteiger partial charge in [0.15, 0.2) is 0 Å². The van der Waals surface area contributed by atoms with E-state index in [9.17, 15) is 23.6 Å². The number of nitrogens with zero attached hydrogens (tertiary/aromatic N) is 3. The second-order valence-electron chi connectivity index (χ2n) is 11.8. The van der Waals surface area contributed by atoms with Crippen LogP contribution in [0.4, 0.5) is 4.39 Å². The molecule has 11 heteroatoms. The molecule has 2 aliphatic rings. The number of rotatable bonds is 7. The monoisotopic (exact) mass is 629 g/mol. The summed E-state index contributed by atoms with van der Waals surface area (Å²) >= 11 is 1.83. The van der Waals surface area contributed by atoms with Crippen LogP contribution in [0.2, 0.25) is 0 Å². The Kier molecular flexibility index (Phi) is 9.16. The summed E-state index contributed by atoms with van der Waals surface area (Å²) in [5.74, 6) is 0.500. The molecule has 3 heterocycles. The van der Waals surface area contributed by atoms with Crippen LogP contribution in [0.25, 0.3) is 11.0 Å². The quantitative estimate of drug-likeness (QED) is 0.292. The van der Waals surface area contributed by atoms with Crippen molar-refractivity contribution in [2.45, 2.75) is 69.6 Å². The van der Waals surface area contributed by atoms with Crippen molar-refractivity contribution in [3.8, 4) is 0 Å². The van der Waals surface area contributed by atoms with Crippen LogP contribution < -0.4 is 21.9 Å². The normalized spacial score (nSPS) is 19.6. The second kappa shape index (κ2) is 13.4. The van der Waals surface area contributed by atoms with E-state index in [1.54, 1.807) is 28.8 Å². The average molecular weight is 630 g/mol. The zero-order chi connectivity index (χ0) is 31.5. The topological polar surface area (TPSA) is 115 Å². The van der Waals surface area contributed by atoms with E-state index in [0.29, 0.717) is 25.7 Å². The van der Waals surface area contributed by atoms with Crippen LogP contribution in [0.5, 0.6) is 0 Å². The first kappa shape index (κ1) is 30.8. The SMILES string of the molecule is C[C@H](NC(=O)c1ccccc1C(=O)NC1CCC(n2c(=O)c3cc(F)cnc3n(C3CCSCC3)c2=O)CC1)c1ccccc1. The van der Waals surface area contributed by atoms with Crippen molar-refractivity contribution in [2.24, 2.45) is 0 Å². The Balaban J connectivity index is 1.18. The lowest BCUT2D eigenvalue weighted by Crippen LogP contribution is -2.46. The number of carbonyl (C=O) groups excluding carboxylic acids is 2. The fraction of sp³-hybridized carbons (Fsp3) is 0.382. The summed E-state index contributed by atoms with van der Waals surface area (Å²) in [6, 6.07) is 16.6. The van der Waals surface area contributed by atoms with Crippen LogP contribution in [-0.2, 0) is 0 Å². The number of nitrogens with one attached hydrogen (secondary N) is 2. The van der Waals surface area contributed by atoms with Gasteiger partial charge in [-0.15, -0.1) is 0 Å². The highest BCUT2D eigenvalue weighted by Crippen LogP contribution is 2.30. The molecular weight excluding hydrogens is 593 g/mol. The summed E-state index contributed by atoms with van der Waals surface area (Å²) in [4.78, 5) is 58.2. The number of halogens is 1. The first-order valence-electron chi connectivity index (χ1n) is 15.5. The zero-order valence-electron chi connectivity index (χ0n) is 25.1. The number of carbonyl (C=O) groups is 2. The molecule has 234 valence electrons. The molecule has 1 aliphatic heterocycles. The molecule has 1 saturated carbocycles. The molecule has 1 saturated heterocycles. The Hall–Kier alpha value is -4.25. The Morgan fingerprint density at radius 1 is 0.867 bits per heavy atom. The van der Waals surface area contributed by atoms with Gasteiger partial charge >= 0.3 is 5.69 Å². The number of benzene rings is 2. The molecule has 2 aromatic carbocycles. The van der Waals surface area contributed by atoms with Gasteiger partial charge < -0.3 is 10.6 Å². The number of thioether (sulfide) groups is 1. The van der Waals surface area contributed by atoms with E-state index in [2.05, 4.69) is 15.6 Å². The summed E-state index contributed by atoms with van der Waals surface area (Å²) in [7, 11) is 0. The molecular formula is C34H36FN5O4S. The number of hydrogen-bond acceptors (Lipinski definition) is 6. The van der Waals surface area contributed by atoms with Crippen molar-refractivity contribution < 1.29 is 14.0 Å². The molecule has 0 spiro atoms. The van der Waals surface area contributed by atoms with E-state index >= 15 is 0 Å². The highest BCUT2D eigenvalue weighted by molar-refractivity contribution is 7.99. The van der Waals surface area contributed by atoms with E-state index in [4.69, 9.17) is 0 Å². The third-order valence-corrected chi connectivity index (χ3v) is 9.99. The van der Waals surface area contributed by atoms with E-state index in [1.165, 1.54) is 10.6 Å². The molecule has 1 atom stereocenters. The van der Waals surface area contributed by atoms with E-state index in [1.807, 2.05) is 49.0 Å². The minimum absolute atomic E-state index is 0.102. The maximum absolute atomic E-state index is 14.2. The lowest BCUT2D eigenvalue weighted by molar-refractivity contribution is 0.0895. The average Bonchev–Trinajstić information content (AvgIpc) is 3.06. The minimum Gasteiger partial charge on any atom is -0.349 e. The van der Waals surface area contributed by atoms with Gasteiger partial charge in [0.2, 0.25) is 0 Å². The summed E-state index contributed by atoms with van der Waals surface area (Å²) < 4.78 is 17.1. The summed E-state index contributed by atoms with van der Waals surface area (Å²) in [6.45, 7) is 1.89. The summed E-state index contributed by atoms with van der Waals surface area (Å²) in [5, 5.41) is 6.15. The molecule has 6 rings (SSSR count). The number of aromatic nitrogens is 3. The van der Waals surface area contributed by atoms with Crippen LogP contribution in [-0.4, -0.2) is 43.5 Å². The van der Waals surface area contributed by atoms with Gasteiger partial charge in [-0.3, -0.25) is 23.5 Å². The van der Waals surface area contributed by atoms with Gasteiger partial charge in [0.05, 0.1) is 28.8 Å². The second-order valence-corrected chi connectivity index (χ2v) is 13.1. The predicted molar refractivity (Wildman–Crippen MR) is 173 cm³/mol. The lowest BCUT2D eigenvalue weighted by Gasteiger charge is -2.31. The van der Waals surface area contributed by atoms with Crippen LogP contribution >= 0.6 is 11.8 Å². The first-order valence-corrected chi connectivity index (χ1v) is 16.6. The molecule has 1 aliphatic carbocycles. The van der Waals surface area contributed by atoms with Crippen molar-refractivity contribution in [3.63, 3.8) is 0 Å². The molecule has 2 amide bonds. The highest BCUT2D eigenvalue weighted by atomic mass is 32.2. The molecule has 4 aromatic rings. The Labute approximate surface area is 264 Å². The minimum atomic E-state index is -0.620. The number of pyridine rings is 1. The van der Waals surface area contributed by atoms with Crippen LogP contribution in [0.1, 0.15) is 89.9 Å². The van der Waals surface area contributed by atoms with Crippen LogP contribution in [0.15, 0.2) is 76.4 Å². The van der Waals surface area contributed by atoms with Crippen molar-refractivity contribution in [2.75, 3.05) is 11.5 Å². The molecule has 0 unspecified atom stereocenters. The Bertz CT molecular complexity index is 1830. The summed E-state index contributed by atoms with van der Waals surface area (Å²) in [5.41, 5.74) is 0.839. The Morgan fingerprint density at radius 2 is 1.49 bits per heavy atom. The van der Waals surface area contributed by atoms with E-state index in [-0.39, 0.29) is 58.1 Å². The largest absolute Gasteiger partial charge is 0.349 e. The van der Waals surface area contributed by atoms with Crippen LogP contribution in [0, 0.1) is 5.82 Å². The Morgan fingerprint density at radius 3 is 2.18 bits per heavy atom. The number of amides is 2. The molecule has 0 radical (unpaired) electrons. The predicted octanol–water partition coefficient (Wildman–Crippen LogP) is 5.17. The fourth-order valence-corrected chi connectivity index (χ4v) is 7.60. The maximum atomic E-state index is 14.2. The first-order chi connectivity index (χ1) is 21.8. The zero-order valence-corrected chi connectivity index (χ0v) is 25.9. The van der Waals surface area contributed by atoms with Crippen molar-refractivity contribution in [3.05, 3.63) is 110 Å². The van der Waals surface area contributed by atoms with Gasteiger partial charge in [0.25, 0.3) is 17.4 Å². The molecule has 0 bridgehead atoms. The van der Waals surface area contributed by atoms with Gasteiger partial charge in [-0.1, -0.05) is 42.5 Å². The maximum Gasteiger partial charge on any atom is 0.333 e. The molecule has 45 heavy (non-hydrogen) atoms. The van der Waals surface area contributed by atoms with Gasteiger partial charge in [0.1, 0.15) is 11.5 Å². The lowest BCUT2D eigenvalue weighted by atomic mass is 9.90.